The van der Waals surface area contributed by atoms with Gasteiger partial charge in [-0.05, 0) is 114 Å². The molecule has 38 heavy (non-hydrogen) atoms. The maximum Gasteiger partial charge on any atom is 0.0652 e. The summed E-state index contributed by atoms with van der Waals surface area (Å²) in [6, 6.07) is 0. The molecule has 8 nitrogen and oxygen atoms in total. The number of aliphatic hydroxyl groups excluding tert-OH is 1. The van der Waals surface area contributed by atoms with Gasteiger partial charge < -0.3 is 42.3 Å². The molecule has 0 bridgehead atoms. The molecule has 0 aliphatic heterocycles. The summed E-state index contributed by atoms with van der Waals surface area (Å²) in [7, 11) is 0. The van der Waals surface area contributed by atoms with Gasteiger partial charge in [-0.1, -0.05) is 13.8 Å². The average molecular weight is 539 g/mol. The lowest BCUT2D eigenvalue weighted by atomic mass is 9.41. The van der Waals surface area contributed by atoms with Gasteiger partial charge in [-0.25, -0.2) is 0 Å². The molecule has 4 rings (SSSR count). The average Bonchev–Trinajstić information content (AvgIpc) is 3.17. The lowest BCUT2D eigenvalue weighted by molar-refractivity contribution is -0.236. The van der Waals surface area contributed by atoms with E-state index in [1.165, 1.54) is 0 Å². The van der Waals surface area contributed by atoms with Crippen molar-refractivity contribution in [3.63, 3.8) is 0 Å². The first kappa shape index (κ1) is 30.6. The van der Waals surface area contributed by atoms with E-state index < -0.39 is 11.6 Å². The van der Waals surface area contributed by atoms with Gasteiger partial charge in [0, 0.05) is 36.7 Å². The van der Waals surface area contributed by atoms with Gasteiger partial charge in [-0.15, -0.1) is 0 Å². The van der Waals surface area contributed by atoms with Gasteiger partial charge in [-0.2, -0.15) is 0 Å². The lowest BCUT2D eigenvalue weighted by Crippen LogP contribution is -2.74. The Bertz CT molecular complexity index is 758. The monoisotopic (exact) mass is 538 g/mol. The van der Waals surface area contributed by atoms with Crippen LogP contribution in [0.2, 0.25) is 0 Å². The molecule has 4 aliphatic carbocycles. The zero-order valence-electron chi connectivity index (χ0n) is 24.4. The SMILES string of the molecule is CC(O)C1CC[C@@]2(N)C3[C@H](OCCCN)CC4C[C@H](OCCCN)CCC4(C)[C@H]3C[C@H](OCCCN)C12C. The second-order valence-corrected chi connectivity index (χ2v) is 13.5. The Morgan fingerprint density at radius 2 is 1.47 bits per heavy atom. The Labute approximate surface area is 231 Å². The molecule has 4 saturated carbocycles. The van der Waals surface area contributed by atoms with Crippen molar-refractivity contribution in [2.45, 2.75) is 115 Å². The van der Waals surface area contributed by atoms with Gasteiger partial charge in [0.05, 0.1) is 24.4 Å². The zero-order valence-corrected chi connectivity index (χ0v) is 24.4. The van der Waals surface area contributed by atoms with Crippen LogP contribution in [0.4, 0.5) is 0 Å². The molecule has 8 heteroatoms. The Kier molecular flexibility index (Phi) is 10.2. The van der Waals surface area contributed by atoms with Crippen LogP contribution in [0.5, 0.6) is 0 Å². The van der Waals surface area contributed by atoms with Gasteiger partial charge >= 0.3 is 0 Å². The highest BCUT2D eigenvalue weighted by atomic mass is 16.5. The van der Waals surface area contributed by atoms with Crippen molar-refractivity contribution >= 4 is 0 Å². The summed E-state index contributed by atoms with van der Waals surface area (Å²) in [5.41, 5.74) is 24.5. The maximum atomic E-state index is 11.0. The summed E-state index contributed by atoms with van der Waals surface area (Å²) in [4.78, 5) is 0. The second-order valence-electron chi connectivity index (χ2n) is 13.5. The van der Waals surface area contributed by atoms with Gasteiger partial charge in [0.2, 0.25) is 0 Å². The van der Waals surface area contributed by atoms with E-state index in [1.54, 1.807) is 0 Å². The Hall–Kier alpha value is -0.320. The van der Waals surface area contributed by atoms with Gasteiger partial charge in [0.25, 0.3) is 0 Å². The van der Waals surface area contributed by atoms with Crippen LogP contribution >= 0.6 is 0 Å². The van der Waals surface area contributed by atoms with Crippen LogP contribution in [0.15, 0.2) is 0 Å². The van der Waals surface area contributed by atoms with E-state index >= 15 is 0 Å². The summed E-state index contributed by atoms with van der Waals surface area (Å²) in [6.45, 7) is 10.7. The molecule has 0 aromatic carbocycles. The fourth-order valence-electron chi connectivity index (χ4n) is 9.55. The van der Waals surface area contributed by atoms with Gasteiger partial charge in [-0.3, -0.25) is 0 Å². The number of hydrogen-bond donors (Lipinski definition) is 5. The predicted molar refractivity (Wildman–Crippen MR) is 151 cm³/mol. The Morgan fingerprint density at radius 1 is 0.842 bits per heavy atom. The molecule has 0 aromatic heterocycles. The van der Waals surface area contributed by atoms with E-state index in [0.717, 1.165) is 70.8 Å². The first-order chi connectivity index (χ1) is 18.2. The molecule has 0 spiro atoms. The molecular formula is C30H58N4O4. The van der Waals surface area contributed by atoms with Crippen LogP contribution in [0.1, 0.15) is 85.0 Å². The van der Waals surface area contributed by atoms with Crippen molar-refractivity contribution in [3.8, 4) is 0 Å². The van der Waals surface area contributed by atoms with Gasteiger partial charge in [0.1, 0.15) is 0 Å². The highest BCUT2D eigenvalue weighted by Crippen LogP contribution is 2.69. The normalized spacial score (nSPS) is 45.3. The van der Waals surface area contributed by atoms with Crippen molar-refractivity contribution in [2.24, 2.45) is 57.4 Å². The Morgan fingerprint density at radius 3 is 2.11 bits per heavy atom. The van der Waals surface area contributed by atoms with E-state index in [2.05, 4.69) is 13.8 Å². The summed E-state index contributed by atoms with van der Waals surface area (Å²) in [5.74, 6) is 1.27. The number of hydrogen-bond acceptors (Lipinski definition) is 8. The molecule has 4 aliphatic rings. The molecule has 0 aromatic rings. The van der Waals surface area contributed by atoms with Crippen LogP contribution in [-0.4, -0.2) is 74.5 Å². The molecule has 0 heterocycles. The van der Waals surface area contributed by atoms with Crippen LogP contribution in [0.3, 0.4) is 0 Å². The van der Waals surface area contributed by atoms with Crippen LogP contribution in [0.25, 0.3) is 0 Å². The third-order valence-corrected chi connectivity index (χ3v) is 11.7. The van der Waals surface area contributed by atoms with Crippen molar-refractivity contribution in [1.82, 2.24) is 0 Å². The van der Waals surface area contributed by atoms with Crippen LogP contribution in [0, 0.1) is 34.5 Å². The molecular weight excluding hydrogens is 480 g/mol. The summed E-state index contributed by atoms with van der Waals surface area (Å²) in [5, 5.41) is 11.0. The third-order valence-electron chi connectivity index (χ3n) is 11.7. The highest BCUT2D eigenvalue weighted by molar-refractivity contribution is 5.24. The maximum absolute atomic E-state index is 11.0. The molecule has 0 radical (unpaired) electrons. The molecule has 9 N–H and O–H groups in total. The number of fused-ring (bicyclic) bond motifs is 5. The largest absolute Gasteiger partial charge is 0.393 e. The van der Waals surface area contributed by atoms with E-state index in [-0.39, 0.29) is 34.9 Å². The molecule has 4 fully saturated rings. The van der Waals surface area contributed by atoms with Crippen molar-refractivity contribution in [2.75, 3.05) is 39.5 Å². The first-order valence-electron chi connectivity index (χ1n) is 15.6. The topological polar surface area (TPSA) is 152 Å². The number of rotatable bonds is 13. The van der Waals surface area contributed by atoms with Crippen molar-refractivity contribution < 1.29 is 19.3 Å². The standard InChI is InChI=1S/C30H58N4O4/c1-20(35)23-8-10-30(34)27-24(19-26(29(23,30)3)38-16-6-13-33)28(2)9-7-22(36-14-4-11-31)17-21(28)18-25(27)37-15-5-12-32/h20-27,35H,4-19,31-34H2,1-3H3/t20?,21?,22-,23?,24+,25-,26+,27?,28?,29?,30-/m1/s1. The Balaban J connectivity index is 1.69. The predicted octanol–water partition coefficient (Wildman–Crippen LogP) is 2.53. The van der Waals surface area contributed by atoms with Gasteiger partial charge in [0.15, 0.2) is 0 Å². The summed E-state index contributed by atoms with van der Waals surface area (Å²) < 4.78 is 19.7. The fraction of sp³-hybridized carbons (Fsp3) is 1.00. The smallest absolute Gasteiger partial charge is 0.0652 e. The molecule has 11 atom stereocenters. The summed E-state index contributed by atoms with van der Waals surface area (Å²) in [6.07, 6.45) is 9.69. The highest BCUT2D eigenvalue weighted by Gasteiger charge is 2.72. The minimum absolute atomic E-state index is 0.00111. The van der Waals surface area contributed by atoms with E-state index in [0.29, 0.717) is 50.8 Å². The van der Waals surface area contributed by atoms with E-state index in [1.807, 2.05) is 6.92 Å². The van der Waals surface area contributed by atoms with Crippen LogP contribution < -0.4 is 22.9 Å². The number of aliphatic hydroxyl groups is 1. The van der Waals surface area contributed by atoms with E-state index in [4.69, 9.17) is 37.1 Å². The molecule has 0 saturated heterocycles. The number of ether oxygens (including phenoxy) is 3. The fourth-order valence-corrected chi connectivity index (χ4v) is 9.55. The third kappa shape index (κ3) is 5.34. The second kappa shape index (κ2) is 12.7. The first-order valence-corrected chi connectivity index (χ1v) is 15.6. The van der Waals surface area contributed by atoms with Crippen molar-refractivity contribution in [3.05, 3.63) is 0 Å². The molecule has 6 unspecified atom stereocenters. The number of nitrogens with two attached hydrogens (primary N) is 4. The van der Waals surface area contributed by atoms with Crippen LogP contribution in [-0.2, 0) is 14.2 Å². The minimum Gasteiger partial charge on any atom is -0.393 e. The lowest BCUT2D eigenvalue weighted by Gasteiger charge is -2.68. The minimum atomic E-state index is -0.458. The molecule has 222 valence electrons. The molecule has 0 amide bonds. The van der Waals surface area contributed by atoms with E-state index in [9.17, 15) is 5.11 Å². The zero-order chi connectivity index (χ0) is 27.6. The summed E-state index contributed by atoms with van der Waals surface area (Å²) >= 11 is 0. The van der Waals surface area contributed by atoms with Crippen molar-refractivity contribution in [1.29, 1.82) is 0 Å². The quantitative estimate of drug-likeness (QED) is 0.224.